The number of carboxylic acid groups (broad SMARTS) is 1. The molecule has 0 aromatic heterocycles. The molecule has 23 heavy (non-hydrogen) atoms. The van der Waals surface area contributed by atoms with Crippen molar-refractivity contribution in [1.82, 2.24) is 0 Å². The number of carboxylic acids is 1. The first-order valence-electron chi connectivity index (χ1n) is 7.38. The topological polar surface area (TPSA) is 61.1 Å². The number of carbonyl (C=O) groups is 1. The molecule has 3 rings (SSSR count). The van der Waals surface area contributed by atoms with Gasteiger partial charge in [0.05, 0.1) is 17.6 Å². The molecule has 0 bridgehead atoms. The van der Waals surface area contributed by atoms with Gasteiger partial charge in [0, 0.05) is 0 Å². The van der Waals surface area contributed by atoms with Gasteiger partial charge in [0.2, 0.25) is 0 Å². The number of benzene rings is 3. The van der Waals surface area contributed by atoms with E-state index in [1.165, 1.54) is 0 Å². The van der Waals surface area contributed by atoms with Crippen molar-refractivity contribution in [1.29, 1.82) is 5.26 Å². The van der Waals surface area contributed by atoms with Crippen molar-refractivity contribution in [2.24, 2.45) is 0 Å². The Morgan fingerprint density at radius 3 is 2.35 bits per heavy atom. The second-order valence-corrected chi connectivity index (χ2v) is 5.51. The normalized spacial score (nSPS) is 11.8. The van der Waals surface area contributed by atoms with Gasteiger partial charge < -0.3 is 5.11 Å². The van der Waals surface area contributed by atoms with Crippen LogP contribution in [0.3, 0.4) is 0 Å². The standard InChI is InChI=1S/C20H15NO2/c21-13-15-7-5-14(6-8-15)11-19(20(22)23)18-10-9-16-3-1-2-4-17(16)12-18/h1-10,12,19H,11H2,(H,22,23). The average molecular weight is 301 g/mol. The van der Waals surface area contributed by atoms with Crippen LogP contribution in [0.15, 0.2) is 66.7 Å². The minimum Gasteiger partial charge on any atom is -0.481 e. The molecular formula is C20H15NO2. The lowest BCUT2D eigenvalue weighted by Gasteiger charge is -2.14. The van der Waals surface area contributed by atoms with E-state index in [0.29, 0.717) is 12.0 Å². The number of aliphatic carboxylic acids is 1. The first-order chi connectivity index (χ1) is 11.2. The summed E-state index contributed by atoms with van der Waals surface area (Å²) in [5.74, 6) is -1.45. The Labute approximate surface area is 134 Å². The van der Waals surface area contributed by atoms with Crippen molar-refractivity contribution in [3.8, 4) is 6.07 Å². The van der Waals surface area contributed by atoms with Gasteiger partial charge in [-0.3, -0.25) is 4.79 Å². The van der Waals surface area contributed by atoms with E-state index < -0.39 is 11.9 Å². The van der Waals surface area contributed by atoms with E-state index in [-0.39, 0.29) is 0 Å². The molecule has 1 atom stereocenters. The van der Waals surface area contributed by atoms with Gasteiger partial charge in [0.15, 0.2) is 0 Å². The van der Waals surface area contributed by atoms with E-state index in [0.717, 1.165) is 21.9 Å². The summed E-state index contributed by atoms with van der Waals surface area (Å²) in [6.45, 7) is 0. The molecule has 1 unspecified atom stereocenters. The maximum absolute atomic E-state index is 11.7. The minimum atomic E-state index is -0.843. The van der Waals surface area contributed by atoms with Crippen LogP contribution in [0.4, 0.5) is 0 Å². The lowest BCUT2D eigenvalue weighted by Crippen LogP contribution is -2.14. The van der Waals surface area contributed by atoms with Crippen LogP contribution < -0.4 is 0 Å². The van der Waals surface area contributed by atoms with Crippen LogP contribution >= 0.6 is 0 Å². The average Bonchev–Trinajstić information content (AvgIpc) is 2.59. The van der Waals surface area contributed by atoms with Gasteiger partial charge in [-0.25, -0.2) is 0 Å². The highest BCUT2D eigenvalue weighted by Crippen LogP contribution is 2.25. The zero-order valence-electron chi connectivity index (χ0n) is 12.4. The van der Waals surface area contributed by atoms with Gasteiger partial charge in [0.25, 0.3) is 0 Å². The van der Waals surface area contributed by atoms with Crippen molar-refractivity contribution in [3.63, 3.8) is 0 Å². The second kappa shape index (κ2) is 6.33. The number of nitrogens with zero attached hydrogens (tertiary/aromatic N) is 1. The van der Waals surface area contributed by atoms with Crippen molar-refractivity contribution < 1.29 is 9.90 Å². The predicted molar refractivity (Wildman–Crippen MR) is 89.2 cm³/mol. The summed E-state index contributed by atoms with van der Waals surface area (Å²) in [4.78, 5) is 11.7. The van der Waals surface area contributed by atoms with Gasteiger partial charge in [-0.05, 0) is 40.5 Å². The number of hydrogen-bond acceptors (Lipinski definition) is 2. The first kappa shape index (κ1) is 14.8. The molecular weight excluding hydrogens is 286 g/mol. The zero-order chi connectivity index (χ0) is 16.2. The molecule has 0 aliphatic heterocycles. The molecule has 0 amide bonds. The van der Waals surface area contributed by atoms with Gasteiger partial charge in [-0.1, -0.05) is 54.6 Å². The monoisotopic (exact) mass is 301 g/mol. The zero-order valence-corrected chi connectivity index (χ0v) is 12.4. The highest BCUT2D eigenvalue weighted by atomic mass is 16.4. The van der Waals surface area contributed by atoms with Crippen LogP contribution in [0.2, 0.25) is 0 Å². The van der Waals surface area contributed by atoms with E-state index in [1.807, 2.05) is 54.6 Å². The molecule has 0 saturated carbocycles. The first-order valence-corrected chi connectivity index (χ1v) is 7.38. The van der Waals surface area contributed by atoms with Gasteiger partial charge in [-0.2, -0.15) is 5.26 Å². The van der Waals surface area contributed by atoms with E-state index in [9.17, 15) is 9.90 Å². The third-order valence-electron chi connectivity index (χ3n) is 4.00. The van der Waals surface area contributed by atoms with Crippen molar-refractivity contribution in [2.45, 2.75) is 12.3 Å². The number of hydrogen-bond donors (Lipinski definition) is 1. The van der Waals surface area contributed by atoms with Crippen molar-refractivity contribution >= 4 is 16.7 Å². The summed E-state index contributed by atoms with van der Waals surface area (Å²) in [7, 11) is 0. The van der Waals surface area contributed by atoms with E-state index in [1.54, 1.807) is 12.1 Å². The lowest BCUT2D eigenvalue weighted by molar-refractivity contribution is -0.138. The molecule has 3 heteroatoms. The molecule has 112 valence electrons. The second-order valence-electron chi connectivity index (χ2n) is 5.51. The van der Waals surface area contributed by atoms with Crippen LogP contribution in [0.5, 0.6) is 0 Å². The molecule has 0 radical (unpaired) electrons. The van der Waals surface area contributed by atoms with Gasteiger partial charge in [-0.15, -0.1) is 0 Å². The van der Waals surface area contributed by atoms with E-state index in [4.69, 9.17) is 5.26 Å². The summed E-state index contributed by atoms with van der Waals surface area (Å²) >= 11 is 0. The van der Waals surface area contributed by atoms with Crippen LogP contribution in [0.25, 0.3) is 10.8 Å². The quantitative estimate of drug-likeness (QED) is 0.788. The highest BCUT2D eigenvalue weighted by molar-refractivity contribution is 5.85. The van der Waals surface area contributed by atoms with Crippen molar-refractivity contribution in [2.75, 3.05) is 0 Å². The fourth-order valence-electron chi connectivity index (χ4n) is 2.72. The SMILES string of the molecule is N#Cc1ccc(CC(C(=O)O)c2ccc3ccccc3c2)cc1. The summed E-state index contributed by atoms with van der Waals surface area (Å²) < 4.78 is 0. The molecule has 3 aromatic carbocycles. The van der Waals surface area contributed by atoms with Crippen LogP contribution in [-0.2, 0) is 11.2 Å². The highest BCUT2D eigenvalue weighted by Gasteiger charge is 2.20. The summed E-state index contributed by atoms with van der Waals surface area (Å²) in [5.41, 5.74) is 2.27. The molecule has 3 aromatic rings. The Bertz CT molecular complexity index is 891. The lowest BCUT2D eigenvalue weighted by atomic mass is 9.90. The Morgan fingerprint density at radius 2 is 1.70 bits per heavy atom. The Morgan fingerprint density at radius 1 is 1.00 bits per heavy atom. The maximum atomic E-state index is 11.7. The van der Waals surface area contributed by atoms with E-state index in [2.05, 4.69) is 6.07 Å². The minimum absolute atomic E-state index is 0.402. The number of nitriles is 1. The molecule has 3 nitrogen and oxygen atoms in total. The summed E-state index contributed by atoms with van der Waals surface area (Å²) in [6.07, 6.45) is 0.402. The van der Waals surface area contributed by atoms with E-state index >= 15 is 0 Å². The van der Waals surface area contributed by atoms with Crippen molar-refractivity contribution in [3.05, 3.63) is 83.4 Å². The molecule has 0 spiro atoms. The number of rotatable bonds is 4. The molecule has 0 heterocycles. The van der Waals surface area contributed by atoms with Gasteiger partial charge in [0.1, 0.15) is 0 Å². The van der Waals surface area contributed by atoms with Crippen LogP contribution in [0.1, 0.15) is 22.6 Å². The largest absolute Gasteiger partial charge is 0.481 e. The predicted octanol–water partition coefficient (Wildman–Crippen LogP) is 4.12. The molecule has 0 aliphatic rings. The summed E-state index contributed by atoms with van der Waals surface area (Å²) in [5, 5.41) is 20.6. The summed E-state index contributed by atoms with van der Waals surface area (Å²) in [6, 6.07) is 22.8. The maximum Gasteiger partial charge on any atom is 0.311 e. The Hall–Kier alpha value is -3.12. The Balaban J connectivity index is 1.93. The fraction of sp³-hybridized carbons (Fsp3) is 0.100. The van der Waals surface area contributed by atoms with Crippen LogP contribution in [-0.4, -0.2) is 11.1 Å². The number of fused-ring (bicyclic) bond motifs is 1. The smallest absolute Gasteiger partial charge is 0.311 e. The fourth-order valence-corrected chi connectivity index (χ4v) is 2.72. The molecule has 0 fully saturated rings. The van der Waals surface area contributed by atoms with Crippen LogP contribution in [0, 0.1) is 11.3 Å². The third kappa shape index (κ3) is 3.22. The van der Waals surface area contributed by atoms with Gasteiger partial charge >= 0.3 is 5.97 Å². The molecule has 0 aliphatic carbocycles. The third-order valence-corrected chi connectivity index (χ3v) is 4.00. The molecule has 0 saturated heterocycles. The molecule has 1 N–H and O–H groups in total. The Kier molecular flexibility index (Phi) is 4.07.